The molecule has 2 heterocycles. The van der Waals surface area contributed by atoms with E-state index in [4.69, 9.17) is 0 Å². The zero-order valence-electron chi connectivity index (χ0n) is 11.8. The Kier molecular flexibility index (Phi) is 3.74. The van der Waals surface area contributed by atoms with Crippen LogP contribution in [0.15, 0.2) is 24.4 Å². The average molecular weight is 260 g/mol. The van der Waals surface area contributed by atoms with Crippen molar-refractivity contribution in [3.63, 3.8) is 0 Å². The first-order chi connectivity index (χ1) is 9.24. The highest BCUT2D eigenvalue weighted by Gasteiger charge is 2.32. The summed E-state index contributed by atoms with van der Waals surface area (Å²) >= 11 is 0. The summed E-state index contributed by atoms with van der Waals surface area (Å²) in [6.07, 6.45) is 7.84. The van der Waals surface area contributed by atoms with Crippen molar-refractivity contribution in [3.05, 3.63) is 35.3 Å². The lowest BCUT2D eigenvalue weighted by Crippen LogP contribution is -2.39. The van der Waals surface area contributed by atoms with Gasteiger partial charge in [0.1, 0.15) is 0 Å². The van der Waals surface area contributed by atoms with E-state index in [1.54, 1.807) is 6.20 Å². The van der Waals surface area contributed by atoms with Crippen molar-refractivity contribution in [2.75, 3.05) is 13.1 Å². The van der Waals surface area contributed by atoms with Crippen LogP contribution in [-0.2, 0) is 0 Å². The summed E-state index contributed by atoms with van der Waals surface area (Å²) in [5, 5.41) is 11.8. The number of pyridine rings is 1. The fourth-order valence-corrected chi connectivity index (χ4v) is 3.80. The summed E-state index contributed by atoms with van der Waals surface area (Å²) in [6.45, 7) is 4.92. The summed E-state index contributed by atoms with van der Waals surface area (Å²) in [4.78, 5) is 2.68. The van der Waals surface area contributed by atoms with Crippen molar-refractivity contribution in [3.8, 4) is 0 Å². The summed E-state index contributed by atoms with van der Waals surface area (Å²) < 4.78 is 1.06. The Morgan fingerprint density at radius 1 is 1.16 bits per heavy atom. The third-order valence-electron chi connectivity index (χ3n) is 4.94. The van der Waals surface area contributed by atoms with Crippen LogP contribution in [0.3, 0.4) is 0 Å². The van der Waals surface area contributed by atoms with E-state index in [0.717, 1.165) is 22.4 Å². The number of hydrogen-bond acceptors (Lipinski definition) is 2. The Hall–Kier alpha value is -1.09. The Balaban J connectivity index is 1.59. The van der Waals surface area contributed by atoms with E-state index in [1.165, 1.54) is 45.2 Å². The van der Waals surface area contributed by atoms with Crippen LogP contribution in [-0.4, -0.2) is 24.0 Å². The normalized spacial score (nSPS) is 32.6. The molecular formula is C16H24N2O. The lowest BCUT2D eigenvalue weighted by molar-refractivity contribution is -0.616. The molecule has 2 fully saturated rings. The monoisotopic (exact) mass is 260 g/mol. The molecule has 2 aliphatic rings. The molecule has 1 saturated heterocycles. The van der Waals surface area contributed by atoms with E-state index in [1.807, 2.05) is 18.2 Å². The smallest absolute Gasteiger partial charge is 0.195 e. The van der Waals surface area contributed by atoms with Gasteiger partial charge in [-0.2, -0.15) is 4.73 Å². The number of likely N-dealkylation sites (tertiary alicyclic amines) is 1. The van der Waals surface area contributed by atoms with Gasteiger partial charge in [0.05, 0.1) is 0 Å². The number of rotatable bonds is 2. The molecule has 3 heteroatoms. The van der Waals surface area contributed by atoms with E-state index in [-0.39, 0.29) is 0 Å². The second kappa shape index (κ2) is 5.49. The van der Waals surface area contributed by atoms with Gasteiger partial charge in [-0.1, -0.05) is 13.0 Å². The van der Waals surface area contributed by atoms with Crippen LogP contribution < -0.4 is 4.73 Å². The van der Waals surface area contributed by atoms with E-state index in [0.29, 0.717) is 5.92 Å². The maximum absolute atomic E-state index is 11.8. The first-order valence-corrected chi connectivity index (χ1v) is 7.66. The van der Waals surface area contributed by atoms with Gasteiger partial charge in [-0.3, -0.25) is 0 Å². The van der Waals surface area contributed by atoms with Crippen LogP contribution in [0.5, 0.6) is 0 Å². The average Bonchev–Trinajstić information content (AvgIpc) is 2.86. The minimum atomic E-state index is 0.468. The minimum absolute atomic E-state index is 0.468. The molecule has 0 spiro atoms. The highest BCUT2D eigenvalue weighted by Crippen LogP contribution is 2.35. The Morgan fingerprint density at radius 2 is 1.95 bits per heavy atom. The standard InChI is InChI=1S/C16H24N2O/c1-13-9-11-17(12-13)15-7-5-14(6-8-15)16-4-2-3-10-18(16)19/h2-4,10,13-15H,5-9,11-12H2,1H3. The van der Waals surface area contributed by atoms with Gasteiger partial charge in [-0.15, -0.1) is 0 Å². The summed E-state index contributed by atoms with van der Waals surface area (Å²) in [5.41, 5.74) is 0.968. The Bertz CT molecular complexity index is 427. The molecule has 1 aliphatic heterocycles. The summed E-state index contributed by atoms with van der Waals surface area (Å²) in [5.74, 6) is 1.34. The Morgan fingerprint density at radius 3 is 2.58 bits per heavy atom. The van der Waals surface area contributed by atoms with Gasteiger partial charge >= 0.3 is 0 Å². The molecule has 0 aromatic carbocycles. The van der Waals surface area contributed by atoms with Crippen LogP contribution >= 0.6 is 0 Å². The quantitative estimate of drug-likeness (QED) is 0.604. The van der Waals surface area contributed by atoms with Crippen LogP contribution in [0.25, 0.3) is 0 Å². The molecule has 3 rings (SSSR count). The largest absolute Gasteiger partial charge is 0.618 e. The van der Waals surface area contributed by atoms with Crippen molar-refractivity contribution in [2.24, 2.45) is 5.92 Å². The molecule has 1 unspecified atom stereocenters. The fraction of sp³-hybridized carbons (Fsp3) is 0.688. The fourth-order valence-electron chi connectivity index (χ4n) is 3.80. The highest BCUT2D eigenvalue weighted by atomic mass is 16.5. The van der Waals surface area contributed by atoms with Gasteiger partial charge < -0.3 is 10.1 Å². The lowest BCUT2D eigenvalue weighted by atomic mass is 9.83. The van der Waals surface area contributed by atoms with Gasteiger partial charge in [0.15, 0.2) is 11.9 Å². The Labute approximate surface area is 115 Å². The molecule has 1 saturated carbocycles. The molecule has 1 atom stereocenters. The molecule has 3 nitrogen and oxygen atoms in total. The van der Waals surface area contributed by atoms with E-state index in [9.17, 15) is 5.21 Å². The molecule has 104 valence electrons. The third-order valence-corrected chi connectivity index (χ3v) is 4.94. The summed E-state index contributed by atoms with van der Waals surface area (Å²) in [7, 11) is 0. The van der Waals surface area contributed by atoms with E-state index in [2.05, 4.69) is 11.8 Å². The maximum atomic E-state index is 11.8. The summed E-state index contributed by atoms with van der Waals surface area (Å²) in [6, 6.07) is 6.56. The highest BCUT2D eigenvalue weighted by molar-refractivity contribution is 5.06. The molecule has 1 aromatic rings. The minimum Gasteiger partial charge on any atom is -0.618 e. The molecule has 0 N–H and O–H groups in total. The third kappa shape index (κ3) is 2.76. The number of hydrogen-bond donors (Lipinski definition) is 0. The maximum Gasteiger partial charge on any atom is 0.195 e. The predicted octanol–water partition coefficient (Wildman–Crippen LogP) is 2.69. The second-order valence-corrected chi connectivity index (χ2v) is 6.35. The van der Waals surface area contributed by atoms with Crippen molar-refractivity contribution < 1.29 is 4.73 Å². The number of nitrogens with zero attached hydrogens (tertiary/aromatic N) is 2. The van der Waals surface area contributed by atoms with Gasteiger partial charge in [-0.25, -0.2) is 0 Å². The zero-order chi connectivity index (χ0) is 13.2. The lowest BCUT2D eigenvalue weighted by Gasteiger charge is -2.34. The van der Waals surface area contributed by atoms with Crippen LogP contribution in [0.2, 0.25) is 0 Å². The SMILES string of the molecule is CC1CCN(C2CCC(c3cccc[n+]3[O-])CC2)C1. The number of aromatic nitrogens is 1. The van der Waals surface area contributed by atoms with Crippen molar-refractivity contribution in [1.82, 2.24) is 4.90 Å². The van der Waals surface area contributed by atoms with E-state index < -0.39 is 0 Å². The molecule has 0 radical (unpaired) electrons. The van der Waals surface area contributed by atoms with Gasteiger partial charge in [0.2, 0.25) is 0 Å². The first-order valence-electron chi connectivity index (χ1n) is 7.66. The van der Waals surface area contributed by atoms with Crippen molar-refractivity contribution >= 4 is 0 Å². The van der Waals surface area contributed by atoms with E-state index >= 15 is 0 Å². The van der Waals surface area contributed by atoms with Crippen LogP contribution in [0, 0.1) is 11.1 Å². The van der Waals surface area contributed by atoms with Crippen LogP contribution in [0.4, 0.5) is 0 Å². The molecule has 0 bridgehead atoms. The molecule has 19 heavy (non-hydrogen) atoms. The second-order valence-electron chi connectivity index (χ2n) is 6.35. The molecule has 0 amide bonds. The van der Waals surface area contributed by atoms with Gasteiger partial charge in [-0.05, 0) is 44.6 Å². The first kappa shape index (κ1) is 12.9. The van der Waals surface area contributed by atoms with Crippen molar-refractivity contribution in [2.45, 2.75) is 51.0 Å². The van der Waals surface area contributed by atoms with Gasteiger partial charge in [0.25, 0.3) is 0 Å². The molecule has 1 aliphatic carbocycles. The zero-order valence-corrected chi connectivity index (χ0v) is 11.8. The molecule has 1 aromatic heterocycles. The van der Waals surface area contributed by atoms with Gasteiger partial charge in [0, 0.05) is 30.6 Å². The van der Waals surface area contributed by atoms with Crippen molar-refractivity contribution in [1.29, 1.82) is 0 Å². The topological polar surface area (TPSA) is 30.2 Å². The molecular weight excluding hydrogens is 236 g/mol. The van der Waals surface area contributed by atoms with Crippen LogP contribution in [0.1, 0.15) is 50.6 Å². The predicted molar refractivity (Wildman–Crippen MR) is 75.8 cm³/mol.